The highest BCUT2D eigenvalue weighted by atomic mass is 19.4. The quantitative estimate of drug-likeness (QED) is 0.404. The Bertz CT molecular complexity index is 1240. The van der Waals surface area contributed by atoms with Crippen LogP contribution in [0.5, 0.6) is 0 Å². The number of halogens is 3. The number of fused-ring (bicyclic) bond motifs is 1. The van der Waals surface area contributed by atoms with Gasteiger partial charge in [-0.25, -0.2) is 9.78 Å². The number of para-hydroxylation sites is 1. The minimum atomic E-state index is -4.48. The van der Waals surface area contributed by atoms with E-state index in [9.17, 15) is 18.0 Å². The minimum absolute atomic E-state index is 0.00160. The number of rotatable bonds is 3. The van der Waals surface area contributed by atoms with Crippen molar-refractivity contribution in [3.05, 3.63) is 84.2 Å². The zero-order chi connectivity index (χ0) is 21.3. The molecule has 150 valence electrons. The lowest BCUT2D eigenvalue weighted by atomic mass is 9.98. The molecule has 0 unspecified atom stereocenters. The third-order valence-corrected chi connectivity index (χ3v) is 4.74. The molecule has 0 aliphatic rings. The average molecular weight is 408 g/mol. The molecule has 0 saturated heterocycles. The number of nitrogens with zero attached hydrogens (tertiary/aromatic N) is 2. The zero-order valence-corrected chi connectivity index (χ0v) is 15.8. The molecule has 4 aromatic rings. The van der Waals surface area contributed by atoms with Crippen molar-refractivity contribution in [3.63, 3.8) is 0 Å². The van der Waals surface area contributed by atoms with E-state index in [4.69, 9.17) is 4.74 Å². The number of hydrogen-bond donors (Lipinski definition) is 0. The van der Waals surface area contributed by atoms with Crippen LogP contribution in [0.15, 0.2) is 73.1 Å². The highest BCUT2D eigenvalue weighted by molar-refractivity contribution is 6.04. The summed E-state index contributed by atoms with van der Waals surface area (Å²) in [6.45, 7) is 0. The van der Waals surface area contributed by atoms with E-state index in [1.54, 1.807) is 48.5 Å². The maximum atomic E-state index is 13.3. The van der Waals surface area contributed by atoms with E-state index in [2.05, 4.69) is 9.97 Å². The van der Waals surface area contributed by atoms with Crippen molar-refractivity contribution in [3.8, 4) is 22.4 Å². The molecule has 2 aromatic carbocycles. The van der Waals surface area contributed by atoms with E-state index in [-0.39, 0.29) is 5.56 Å². The second kappa shape index (κ2) is 7.59. The first kappa shape index (κ1) is 19.6. The summed E-state index contributed by atoms with van der Waals surface area (Å²) in [6.07, 6.45) is -2.16. The summed E-state index contributed by atoms with van der Waals surface area (Å²) < 4.78 is 44.8. The Labute approximate surface area is 170 Å². The van der Waals surface area contributed by atoms with Crippen LogP contribution in [-0.2, 0) is 10.9 Å². The first-order valence-electron chi connectivity index (χ1n) is 8.98. The molecule has 2 aromatic heterocycles. The van der Waals surface area contributed by atoms with E-state index in [0.29, 0.717) is 33.3 Å². The fourth-order valence-corrected chi connectivity index (χ4v) is 3.29. The molecule has 0 fully saturated rings. The first-order chi connectivity index (χ1) is 14.4. The molecule has 0 amide bonds. The predicted molar refractivity (Wildman–Crippen MR) is 107 cm³/mol. The van der Waals surface area contributed by atoms with E-state index in [1.165, 1.54) is 13.3 Å². The van der Waals surface area contributed by atoms with Crippen LogP contribution in [0.2, 0.25) is 0 Å². The number of pyridine rings is 2. The summed E-state index contributed by atoms with van der Waals surface area (Å²) in [6, 6.07) is 16.2. The van der Waals surface area contributed by atoms with Gasteiger partial charge in [-0.3, -0.25) is 4.98 Å². The van der Waals surface area contributed by atoms with Gasteiger partial charge in [0.2, 0.25) is 0 Å². The monoisotopic (exact) mass is 408 g/mol. The second-order valence-corrected chi connectivity index (χ2v) is 6.56. The Morgan fingerprint density at radius 2 is 1.67 bits per heavy atom. The number of methoxy groups -OCH3 is 1. The summed E-state index contributed by atoms with van der Waals surface area (Å²) in [7, 11) is 1.30. The van der Waals surface area contributed by atoms with Crippen molar-refractivity contribution in [2.75, 3.05) is 7.11 Å². The Morgan fingerprint density at radius 1 is 0.967 bits per heavy atom. The standard InChI is InChI=1S/C23H15F3N2O2/c1-30-22(29)17-12-21(28-20-5-3-2-4-16(17)20)15-8-6-14(7-9-15)18-13-27-11-10-19(18)23(24,25)26/h2-13H,1H3. The lowest BCUT2D eigenvalue weighted by Gasteiger charge is -2.13. The van der Waals surface area contributed by atoms with Crippen LogP contribution >= 0.6 is 0 Å². The Balaban J connectivity index is 1.79. The molecule has 0 atom stereocenters. The number of carbonyl (C=O) groups excluding carboxylic acids is 1. The highest BCUT2D eigenvalue weighted by Crippen LogP contribution is 2.37. The smallest absolute Gasteiger partial charge is 0.417 e. The Hall–Kier alpha value is -3.74. The van der Waals surface area contributed by atoms with Gasteiger partial charge in [-0.1, -0.05) is 42.5 Å². The molecule has 0 saturated carbocycles. The molecule has 4 nitrogen and oxygen atoms in total. The van der Waals surface area contributed by atoms with Crippen molar-refractivity contribution in [2.24, 2.45) is 0 Å². The molecular weight excluding hydrogens is 393 g/mol. The van der Waals surface area contributed by atoms with Crippen molar-refractivity contribution >= 4 is 16.9 Å². The molecule has 2 heterocycles. The number of hydrogen-bond acceptors (Lipinski definition) is 4. The number of esters is 1. The summed E-state index contributed by atoms with van der Waals surface area (Å²) in [5, 5.41) is 0.662. The average Bonchev–Trinajstić information content (AvgIpc) is 2.77. The van der Waals surface area contributed by atoms with Crippen molar-refractivity contribution < 1.29 is 22.7 Å². The molecule has 0 aliphatic heterocycles. The van der Waals surface area contributed by atoms with Gasteiger partial charge in [-0.2, -0.15) is 13.2 Å². The summed E-state index contributed by atoms with van der Waals surface area (Å²) in [5.41, 5.74) is 1.79. The zero-order valence-electron chi connectivity index (χ0n) is 15.8. The largest absolute Gasteiger partial charge is 0.465 e. The molecule has 0 bridgehead atoms. The first-order valence-corrected chi connectivity index (χ1v) is 8.98. The number of aromatic nitrogens is 2. The van der Waals surface area contributed by atoms with Crippen LogP contribution in [0.4, 0.5) is 13.2 Å². The normalized spacial score (nSPS) is 11.5. The molecule has 0 spiro atoms. The van der Waals surface area contributed by atoms with Crippen molar-refractivity contribution in [2.45, 2.75) is 6.18 Å². The van der Waals surface area contributed by atoms with Gasteiger partial charge in [0.15, 0.2) is 0 Å². The molecule has 0 N–H and O–H groups in total. The fraction of sp³-hybridized carbons (Fsp3) is 0.0870. The Kier molecular flexibility index (Phi) is 4.95. The maximum absolute atomic E-state index is 13.3. The van der Waals surface area contributed by atoms with Gasteiger partial charge in [-0.15, -0.1) is 0 Å². The van der Waals surface area contributed by atoms with E-state index >= 15 is 0 Å². The third kappa shape index (κ3) is 3.61. The van der Waals surface area contributed by atoms with Gasteiger partial charge in [0.1, 0.15) is 0 Å². The topological polar surface area (TPSA) is 52.1 Å². The van der Waals surface area contributed by atoms with Gasteiger partial charge in [-0.05, 0) is 23.8 Å². The van der Waals surface area contributed by atoms with Crippen LogP contribution in [0, 0.1) is 0 Å². The SMILES string of the molecule is COC(=O)c1cc(-c2ccc(-c3cnccc3C(F)(F)F)cc2)nc2ccccc12. The molecule has 0 aliphatic carbocycles. The van der Waals surface area contributed by atoms with Gasteiger partial charge in [0, 0.05) is 28.9 Å². The van der Waals surface area contributed by atoms with Crippen LogP contribution < -0.4 is 0 Å². The number of carbonyl (C=O) groups is 1. The molecule has 7 heteroatoms. The van der Waals surface area contributed by atoms with Crippen molar-refractivity contribution in [1.29, 1.82) is 0 Å². The lowest BCUT2D eigenvalue weighted by molar-refractivity contribution is -0.137. The molecule has 4 rings (SSSR count). The van der Waals surface area contributed by atoms with E-state index in [0.717, 1.165) is 12.3 Å². The number of benzene rings is 2. The van der Waals surface area contributed by atoms with Crippen molar-refractivity contribution in [1.82, 2.24) is 9.97 Å². The van der Waals surface area contributed by atoms with Crippen LogP contribution in [0.25, 0.3) is 33.3 Å². The number of alkyl halides is 3. The Morgan fingerprint density at radius 3 is 2.37 bits per heavy atom. The predicted octanol–water partition coefficient (Wildman–Crippen LogP) is 5.77. The van der Waals surface area contributed by atoms with Gasteiger partial charge in [0.25, 0.3) is 0 Å². The van der Waals surface area contributed by atoms with Crippen LogP contribution in [-0.4, -0.2) is 23.0 Å². The van der Waals surface area contributed by atoms with Gasteiger partial charge >= 0.3 is 12.1 Å². The second-order valence-electron chi connectivity index (χ2n) is 6.56. The molecule has 30 heavy (non-hydrogen) atoms. The lowest BCUT2D eigenvalue weighted by Crippen LogP contribution is -2.07. The van der Waals surface area contributed by atoms with E-state index in [1.807, 2.05) is 6.07 Å². The number of ether oxygens (including phenoxy) is 1. The molecule has 0 radical (unpaired) electrons. The summed E-state index contributed by atoms with van der Waals surface area (Å²) >= 11 is 0. The fourth-order valence-electron chi connectivity index (χ4n) is 3.29. The molecular formula is C23H15F3N2O2. The maximum Gasteiger partial charge on any atom is 0.417 e. The minimum Gasteiger partial charge on any atom is -0.465 e. The third-order valence-electron chi connectivity index (χ3n) is 4.74. The van der Waals surface area contributed by atoms with E-state index < -0.39 is 17.7 Å². The van der Waals surface area contributed by atoms with Crippen LogP contribution in [0.3, 0.4) is 0 Å². The highest BCUT2D eigenvalue weighted by Gasteiger charge is 2.33. The summed E-state index contributed by atoms with van der Waals surface area (Å²) in [4.78, 5) is 20.6. The van der Waals surface area contributed by atoms with Gasteiger partial charge in [0.05, 0.1) is 29.4 Å². The summed E-state index contributed by atoms with van der Waals surface area (Å²) in [5.74, 6) is -0.489. The van der Waals surface area contributed by atoms with Gasteiger partial charge < -0.3 is 4.74 Å². The van der Waals surface area contributed by atoms with Crippen LogP contribution in [0.1, 0.15) is 15.9 Å².